The van der Waals surface area contributed by atoms with Crippen molar-refractivity contribution in [2.75, 3.05) is 34.0 Å². The van der Waals surface area contributed by atoms with Crippen molar-refractivity contribution in [3.05, 3.63) is 119 Å². The van der Waals surface area contributed by atoms with Gasteiger partial charge >= 0.3 is 11.9 Å². The van der Waals surface area contributed by atoms with E-state index < -0.39 is 0 Å². The lowest BCUT2D eigenvalue weighted by Gasteiger charge is -2.19. The summed E-state index contributed by atoms with van der Waals surface area (Å²) in [6, 6.07) is 28.3. The molecular formula is C36H40O9. The van der Waals surface area contributed by atoms with Crippen molar-refractivity contribution in [1.29, 1.82) is 0 Å². The third kappa shape index (κ3) is 10.9. The van der Waals surface area contributed by atoms with Crippen molar-refractivity contribution in [3.63, 3.8) is 0 Å². The molecule has 1 atom stereocenters. The fraction of sp³-hybridized carbons (Fsp3) is 0.278. The van der Waals surface area contributed by atoms with Crippen LogP contribution >= 0.6 is 0 Å². The van der Waals surface area contributed by atoms with E-state index in [0.717, 1.165) is 5.56 Å². The van der Waals surface area contributed by atoms with E-state index in [1.807, 2.05) is 44.2 Å². The first kappa shape index (κ1) is 34.5. The first-order valence-corrected chi connectivity index (χ1v) is 14.6. The third-order valence-electron chi connectivity index (χ3n) is 6.52. The van der Waals surface area contributed by atoms with E-state index in [9.17, 15) is 14.7 Å². The zero-order valence-electron chi connectivity index (χ0n) is 26.1. The van der Waals surface area contributed by atoms with Gasteiger partial charge in [-0.2, -0.15) is 0 Å². The van der Waals surface area contributed by atoms with Crippen LogP contribution < -0.4 is 14.2 Å². The molecule has 0 saturated carbocycles. The average Bonchev–Trinajstić information content (AvgIpc) is 3.07. The molecule has 0 aliphatic carbocycles. The molecule has 1 N–H and O–H groups in total. The van der Waals surface area contributed by atoms with Crippen LogP contribution in [0.25, 0.3) is 0 Å². The number of aromatic hydroxyl groups is 1. The largest absolute Gasteiger partial charge is 0.508 e. The van der Waals surface area contributed by atoms with Crippen molar-refractivity contribution in [3.8, 4) is 23.0 Å². The van der Waals surface area contributed by atoms with Gasteiger partial charge in [0.25, 0.3) is 0 Å². The second kappa shape index (κ2) is 18.6. The molecule has 0 fully saturated rings. The summed E-state index contributed by atoms with van der Waals surface area (Å²) in [6.45, 7) is 4.72. The van der Waals surface area contributed by atoms with E-state index in [1.54, 1.807) is 73.8 Å². The number of phenols is 1. The summed E-state index contributed by atoms with van der Waals surface area (Å²) in [6.07, 6.45) is 0.508. The molecule has 1 unspecified atom stereocenters. The lowest BCUT2D eigenvalue weighted by molar-refractivity contribution is -0.0619. The van der Waals surface area contributed by atoms with E-state index in [2.05, 4.69) is 0 Å². The fourth-order valence-electron chi connectivity index (χ4n) is 4.34. The van der Waals surface area contributed by atoms with Crippen molar-refractivity contribution in [2.24, 2.45) is 0 Å². The maximum absolute atomic E-state index is 12.0. The summed E-state index contributed by atoms with van der Waals surface area (Å²) in [4.78, 5) is 23.8. The minimum absolute atomic E-state index is 0.139. The highest BCUT2D eigenvalue weighted by Gasteiger charge is 2.15. The Kier molecular flexibility index (Phi) is 14.2. The summed E-state index contributed by atoms with van der Waals surface area (Å²) in [7, 11) is 3.14. The van der Waals surface area contributed by atoms with Crippen LogP contribution in [0.5, 0.6) is 23.0 Å². The van der Waals surface area contributed by atoms with Crippen molar-refractivity contribution in [1.82, 2.24) is 0 Å². The van der Waals surface area contributed by atoms with Gasteiger partial charge in [0.05, 0.1) is 38.6 Å². The van der Waals surface area contributed by atoms with Gasteiger partial charge in [0.2, 0.25) is 0 Å². The first-order chi connectivity index (χ1) is 21.9. The van der Waals surface area contributed by atoms with E-state index in [1.165, 1.54) is 7.11 Å². The zero-order chi connectivity index (χ0) is 32.4. The van der Waals surface area contributed by atoms with Gasteiger partial charge < -0.3 is 33.5 Å². The number of ether oxygens (including phenoxy) is 6. The van der Waals surface area contributed by atoms with Gasteiger partial charge in [-0.15, -0.1) is 0 Å². The molecular weight excluding hydrogens is 576 g/mol. The van der Waals surface area contributed by atoms with Crippen LogP contribution in [0.2, 0.25) is 0 Å². The van der Waals surface area contributed by atoms with Crippen LogP contribution in [-0.2, 0) is 27.1 Å². The van der Waals surface area contributed by atoms with E-state index in [-0.39, 0.29) is 37.2 Å². The van der Waals surface area contributed by atoms with Gasteiger partial charge in [-0.25, -0.2) is 9.59 Å². The smallest absolute Gasteiger partial charge is 0.338 e. The molecule has 0 aliphatic heterocycles. The third-order valence-corrected chi connectivity index (χ3v) is 6.52. The molecule has 0 bridgehead atoms. The number of benzene rings is 4. The van der Waals surface area contributed by atoms with Crippen LogP contribution in [0.1, 0.15) is 45.7 Å². The van der Waals surface area contributed by atoms with Gasteiger partial charge in [-0.3, -0.25) is 0 Å². The highest BCUT2D eigenvalue weighted by molar-refractivity contribution is 5.89. The molecule has 9 heteroatoms. The van der Waals surface area contributed by atoms with Crippen LogP contribution in [0.3, 0.4) is 0 Å². The summed E-state index contributed by atoms with van der Waals surface area (Å²) < 4.78 is 32.4. The van der Waals surface area contributed by atoms with E-state index >= 15 is 0 Å². The maximum Gasteiger partial charge on any atom is 0.338 e. The highest BCUT2D eigenvalue weighted by Crippen LogP contribution is 2.30. The number of carbonyl (C=O) groups excluding carboxylic acids is 2. The van der Waals surface area contributed by atoms with Crippen LogP contribution in [-0.4, -0.2) is 57.4 Å². The molecule has 0 amide bonds. The highest BCUT2D eigenvalue weighted by atomic mass is 16.7. The molecule has 0 radical (unpaired) electrons. The normalized spacial score (nSPS) is 10.9. The standard InChI is InChI=1S/C20H24O5.C16H16O4/c1-4-23-15(2)25-19-12-8-11-18(22-3)17(19)13-14-24-20(21)16-9-6-5-7-10-16;1-19-15-9-5-8-14(17)13(15)10-11-20-16(18)12-6-3-2-4-7-12/h5-12,15H,4,13-14H2,1-3H3;2-9,17H,10-11H2,1H3. The average molecular weight is 617 g/mol. The van der Waals surface area contributed by atoms with Crippen molar-refractivity contribution in [2.45, 2.75) is 33.0 Å². The molecule has 0 spiro atoms. The number of carbonyl (C=O) groups is 2. The molecule has 0 heterocycles. The predicted octanol–water partition coefficient (Wildman–Crippen LogP) is 6.66. The summed E-state index contributed by atoms with van der Waals surface area (Å²) >= 11 is 0. The Balaban J connectivity index is 0.000000251. The predicted molar refractivity (Wildman–Crippen MR) is 170 cm³/mol. The maximum atomic E-state index is 12.0. The van der Waals surface area contributed by atoms with Crippen molar-refractivity contribution >= 4 is 11.9 Å². The lowest BCUT2D eigenvalue weighted by atomic mass is 10.1. The number of hydrogen-bond donors (Lipinski definition) is 1. The summed E-state index contributed by atoms with van der Waals surface area (Å²) in [5.41, 5.74) is 2.52. The lowest BCUT2D eigenvalue weighted by Crippen LogP contribution is -2.17. The summed E-state index contributed by atoms with van der Waals surface area (Å²) in [5, 5.41) is 9.78. The Hall–Kier alpha value is -5.02. The monoisotopic (exact) mass is 616 g/mol. The molecule has 9 nitrogen and oxygen atoms in total. The minimum Gasteiger partial charge on any atom is -0.508 e. The molecule has 4 aromatic carbocycles. The van der Waals surface area contributed by atoms with Crippen LogP contribution in [0.15, 0.2) is 97.1 Å². The van der Waals surface area contributed by atoms with E-state index in [4.69, 9.17) is 28.4 Å². The second-order valence-corrected chi connectivity index (χ2v) is 9.54. The Labute approximate surface area is 264 Å². The number of esters is 2. The first-order valence-electron chi connectivity index (χ1n) is 14.6. The number of methoxy groups -OCH3 is 2. The number of rotatable bonds is 14. The van der Waals surface area contributed by atoms with Crippen LogP contribution in [0, 0.1) is 0 Å². The van der Waals surface area contributed by atoms with Crippen LogP contribution in [0.4, 0.5) is 0 Å². The summed E-state index contributed by atoms with van der Waals surface area (Å²) in [5.74, 6) is 1.36. The molecule has 4 aromatic rings. The quantitative estimate of drug-likeness (QED) is 0.123. The number of phenolic OH excluding ortho intramolecular Hbond substituents is 1. The molecule has 0 aromatic heterocycles. The van der Waals surface area contributed by atoms with Gasteiger partial charge in [0.15, 0.2) is 6.29 Å². The van der Waals surface area contributed by atoms with Gasteiger partial charge in [0.1, 0.15) is 23.0 Å². The molecule has 45 heavy (non-hydrogen) atoms. The minimum atomic E-state index is -0.375. The Morgan fingerprint density at radius 3 is 1.62 bits per heavy atom. The zero-order valence-corrected chi connectivity index (χ0v) is 26.1. The fourth-order valence-corrected chi connectivity index (χ4v) is 4.34. The molecule has 0 aliphatic rings. The molecule has 0 saturated heterocycles. The van der Waals surface area contributed by atoms with Gasteiger partial charge in [-0.05, 0) is 62.4 Å². The van der Waals surface area contributed by atoms with Crippen molar-refractivity contribution < 1.29 is 43.1 Å². The topological polar surface area (TPSA) is 110 Å². The van der Waals surface area contributed by atoms with Gasteiger partial charge in [-0.1, -0.05) is 48.5 Å². The number of hydrogen-bond acceptors (Lipinski definition) is 9. The Morgan fingerprint density at radius 1 is 0.644 bits per heavy atom. The van der Waals surface area contributed by atoms with E-state index in [0.29, 0.717) is 53.4 Å². The SMILES string of the molecule is CCOC(C)Oc1cccc(OC)c1CCOC(=O)c1ccccc1.COc1cccc(O)c1CCOC(=O)c1ccccc1. The molecule has 4 rings (SSSR count). The Morgan fingerprint density at radius 2 is 1.11 bits per heavy atom. The Bertz CT molecular complexity index is 1470. The molecule has 238 valence electrons. The van der Waals surface area contributed by atoms with Gasteiger partial charge in [0, 0.05) is 30.6 Å². The second-order valence-electron chi connectivity index (χ2n) is 9.54.